The summed E-state index contributed by atoms with van der Waals surface area (Å²) in [5.74, 6) is 0.0358. The summed E-state index contributed by atoms with van der Waals surface area (Å²) in [6.07, 6.45) is 0. The zero-order valence-electron chi connectivity index (χ0n) is 14.2. The highest BCUT2D eigenvalue weighted by atomic mass is 19.1. The van der Waals surface area contributed by atoms with E-state index in [0.29, 0.717) is 17.8 Å². The van der Waals surface area contributed by atoms with Crippen molar-refractivity contribution in [2.45, 2.75) is 52.7 Å². The van der Waals surface area contributed by atoms with E-state index in [9.17, 15) is 4.39 Å². The molecule has 2 rings (SSSR count). The highest BCUT2D eigenvalue weighted by molar-refractivity contribution is 6.63. The Kier molecular flexibility index (Phi) is 4.85. The van der Waals surface area contributed by atoms with Gasteiger partial charge in [0.1, 0.15) is 11.6 Å². The Morgan fingerprint density at radius 1 is 1.14 bits per heavy atom. The van der Waals surface area contributed by atoms with Crippen molar-refractivity contribution in [3.05, 3.63) is 23.5 Å². The average molecular weight is 310 g/mol. The number of hydrogen-bond acceptors (Lipinski definition) is 4. The van der Waals surface area contributed by atoms with Gasteiger partial charge in [-0.15, -0.1) is 0 Å². The molecule has 1 aromatic carbocycles. The summed E-state index contributed by atoms with van der Waals surface area (Å²) in [4.78, 5) is 0. The zero-order valence-corrected chi connectivity index (χ0v) is 14.2. The number of ether oxygens (including phenoxy) is 2. The molecule has 1 saturated heterocycles. The maximum atomic E-state index is 13.7. The molecule has 0 aliphatic carbocycles. The minimum atomic E-state index is -0.595. The van der Waals surface area contributed by atoms with Crippen LogP contribution in [0.2, 0.25) is 0 Å². The second-order valence-electron chi connectivity index (χ2n) is 6.48. The second kappa shape index (κ2) is 6.18. The molecule has 0 aromatic heterocycles. The Morgan fingerprint density at radius 2 is 1.73 bits per heavy atom. The molecule has 4 nitrogen and oxygen atoms in total. The normalized spacial score (nSPS) is 19.5. The lowest BCUT2D eigenvalue weighted by molar-refractivity contribution is 0.00578. The SMILES string of the molecule is CCOCOc1cc(F)cc(C)c1B1OC(C)(C)C(C)(C)O1. The van der Waals surface area contributed by atoms with Crippen molar-refractivity contribution in [1.29, 1.82) is 0 Å². The van der Waals surface area contributed by atoms with Gasteiger partial charge in [-0.3, -0.25) is 0 Å². The summed E-state index contributed by atoms with van der Waals surface area (Å²) in [7, 11) is -0.595. The lowest BCUT2D eigenvalue weighted by Crippen LogP contribution is -2.41. The van der Waals surface area contributed by atoms with E-state index in [0.717, 1.165) is 5.56 Å². The number of hydrogen-bond donors (Lipinski definition) is 0. The number of aryl methyl sites for hydroxylation is 1. The van der Waals surface area contributed by atoms with Crippen molar-refractivity contribution in [3.8, 4) is 5.75 Å². The molecular formula is C16H24BFO4. The molecule has 0 N–H and O–H groups in total. The highest BCUT2D eigenvalue weighted by Crippen LogP contribution is 2.37. The quantitative estimate of drug-likeness (QED) is 0.476. The monoisotopic (exact) mass is 310 g/mol. The van der Waals surface area contributed by atoms with Crippen LogP contribution < -0.4 is 10.2 Å². The fourth-order valence-electron chi connectivity index (χ4n) is 2.29. The van der Waals surface area contributed by atoms with Gasteiger partial charge in [0.2, 0.25) is 0 Å². The predicted molar refractivity (Wildman–Crippen MR) is 84.0 cm³/mol. The number of rotatable bonds is 5. The first-order valence-corrected chi connectivity index (χ1v) is 7.54. The van der Waals surface area contributed by atoms with Crippen LogP contribution in [0.5, 0.6) is 5.75 Å². The third-order valence-corrected chi connectivity index (χ3v) is 4.30. The first-order valence-electron chi connectivity index (χ1n) is 7.54. The fraction of sp³-hybridized carbons (Fsp3) is 0.625. The van der Waals surface area contributed by atoms with Gasteiger partial charge in [-0.05, 0) is 53.2 Å². The van der Waals surface area contributed by atoms with Gasteiger partial charge in [0.25, 0.3) is 0 Å². The van der Waals surface area contributed by atoms with E-state index in [4.69, 9.17) is 18.8 Å². The van der Waals surface area contributed by atoms with Gasteiger partial charge in [0.05, 0.1) is 11.2 Å². The maximum absolute atomic E-state index is 13.7. The summed E-state index contributed by atoms with van der Waals surface area (Å²) < 4.78 is 36.6. The molecule has 1 aliphatic rings. The van der Waals surface area contributed by atoms with Crippen LogP contribution in [0.4, 0.5) is 4.39 Å². The minimum absolute atomic E-state index is 0.0614. The van der Waals surface area contributed by atoms with Crippen LogP contribution in [0.3, 0.4) is 0 Å². The Bertz CT molecular complexity index is 529. The average Bonchev–Trinajstić information content (AvgIpc) is 2.57. The Balaban J connectivity index is 2.34. The summed E-state index contributed by atoms with van der Waals surface area (Å²) >= 11 is 0. The van der Waals surface area contributed by atoms with Crippen LogP contribution in [0.15, 0.2) is 12.1 Å². The lowest BCUT2D eigenvalue weighted by Gasteiger charge is -2.32. The molecule has 0 saturated carbocycles. The molecule has 1 heterocycles. The van der Waals surface area contributed by atoms with Crippen LogP contribution in [-0.2, 0) is 14.0 Å². The third-order valence-electron chi connectivity index (χ3n) is 4.30. The topological polar surface area (TPSA) is 36.9 Å². The summed E-state index contributed by atoms with van der Waals surface area (Å²) in [6.45, 7) is 12.2. The zero-order chi connectivity index (χ0) is 16.5. The van der Waals surface area contributed by atoms with E-state index in [1.807, 2.05) is 41.5 Å². The van der Waals surface area contributed by atoms with Crippen LogP contribution >= 0.6 is 0 Å². The molecule has 122 valence electrons. The fourth-order valence-corrected chi connectivity index (χ4v) is 2.29. The van der Waals surface area contributed by atoms with E-state index in [1.165, 1.54) is 12.1 Å². The first-order chi connectivity index (χ1) is 10.2. The number of halogens is 1. The van der Waals surface area contributed by atoms with Gasteiger partial charge < -0.3 is 18.8 Å². The number of benzene rings is 1. The summed E-state index contributed by atoms with van der Waals surface area (Å²) in [6, 6.07) is 2.79. The van der Waals surface area contributed by atoms with Gasteiger partial charge in [0.15, 0.2) is 6.79 Å². The standard InChI is InChI=1S/C16H24BFO4/c1-7-19-10-20-13-9-12(18)8-11(2)14(13)17-21-15(3,4)16(5,6)22-17/h8-9H,7,10H2,1-6H3. The van der Waals surface area contributed by atoms with Crippen LogP contribution in [-0.4, -0.2) is 31.7 Å². The van der Waals surface area contributed by atoms with Gasteiger partial charge >= 0.3 is 7.12 Å². The van der Waals surface area contributed by atoms with E-state index in [1.54, 1.807) is 0 Å². The Hall–Kier alpha value is -1.11. The molecule has 0 unspecified atom stereocenters. The molecule has 0 radical (unpaired) electrons. The van der Waals surface area contributed by atoms with Crippen LogP contribution in [0.25, 0.3) is 0 Å². The minimum Gasteiger partial charge on any atom is -0.468 e. The Labute approximate surface area is 132 Å². The molecule has 0 atom stereocenters. The molecular weight excluding hydrogens is 286 g/mol. The summed E-state index contributed by atoms with van der Waals surface area (Å²) in [5.41, 5.74) is 0.510. The second-order valence-corrected chi connectivity index (χ2v) is 6.48. The van der Waals surface area contributed by atoms with Crippen molar-refractivity contribution in [2.24, 2.45) is 0 Å². The molecule has 1 aliphatic heterocycles. The molecule has 6 heteroatoms. The van der Waals surface area contributed by atoms with E-state index < -0.39 is 18.3 Å². The van der Waals surface area contributed by atoms with E-state index in [2.05, 4.69) is 0 Å². The lowest BCUT2D eigenvalue weighted by atomic mass is 9.75. The van der Waals surface area contributed by atoms with E-state index >= 15 is 0 Å². The van der Waals surface area contributed by atoms with E-state index in [-0.39, 0.29) is 12.6 Å². The van der Waals surface area contributed by atoms with Crippen LogP contribution in [0.1, 0.15) is 40.2 Å². The van der Waals surface area contributed by atoms with Gasteiger partial charge in [-0.1, -0.05) is 0 Å². The van der Waals surface area contributed by atoms with Gasteiger partial charge in [-0.25, -0.2) is 4.39 Å². The molecule has 1 fully saturated rings. The molecule has 0 spiro atoms. The van der Waals surface area contributed by atoms with Crippen molar-refractivity contribution in [2.75, 3.05) is 13.4 Å². The molecule has 22 heavy (non-hydrogen) atoms. The van der Waals surface area contributed by atoms with Crippen molar-refractivity contribution < 1.29 is 23.2 Å². The molecule has 1 aromatic rings. The van der Waals surface area contributed by atoms with Gasteiger partial charge in [0, 0.05) is 18.1 Å². The summed E-state index contributed by atoms with van der Waals surface area (Å²) in [5, 5.41) is 0. The van der Waals surface area contributed by atoms with Crippen molar-refractivity contribution >= 4 is 12.6 Å². The maximum Gasteiger partial charge on any atom is 0.498 e. The largest absolute Gasteiger partial charge is 0.498 e. The highest BCUT2D eigenvalue weighted by Gasteiger charge is 2.53. The Morgan fingerprint density at radius 3 is 2.27 bits per heavy atom. The van der Waals surface area contributed by atoms with Crippen molar-refractivity contribution in [1.82, 2.24) is 0 Å². The van der Waals surface area contributed by atoms with Crippen molar-refractivity contribution in [3.63, 3.8) is 0 Å². The third kappa shape index (κ3) is 3.29. The smallest absolute Gasteiger partial charge is 0.468 e. The molecule has 0 amide bonds. The predicted octanol–water partition coefficient (Wildman–Crippen LogP) is 2.81. The first kappa shape index (κ1) is 17.3. The van der Waals surface area contributed by atoms with Gasteiger partial charge in [-0.2, -0.15) is 0 Å². The molecule has 0 bridgehead atoms. The van der Waals surface area contributed by atoms with Crippen LogP contribution in [0, 0.1) is 12.7 Å².